The minimum absolute atomic E-state index is 0.0708. The highest BCUT2D eigenvalue weighted by Gasteiger charge is 2.29. The van der Waals surface area contributed by atoms with Gasteiger partial charge in [-0.05, 0) is 38.0 Å². The van der Waals surface area contributed by atoms with Crippen molar-refractivity contribution in [3.8, 4) is 17.1 Å². The number of pyridine rings is 2. The lowest BCUT2D eigenvalue weighted by Gasteiger charge is -2.30. The first-order valence-corrected chi connectivity index (χ1v) is 10.6. The Kier molecular flexibility index (Phi) is 6.36. The van der Waals surface area contributed by atoms with Crippen molar-refractivity contribution < 1.29 is 14.3 Å². The number of amides is 2. The zero-order valence-corrected chi connectivity index (χ0v) is 18.5. The van der Waals surface area contributed by atoms with Gasteiger partial charge in [0.25, 0.3) is 5.91 Å². The molecule has 4 heterocycles. The van der Waals surface area contributed by atoms with Gasteiger partial charge in [0.2, 0.25) is 11.8 Å². The van der Waals surface area contributed by atoms with Crippen LogP contribution in [0.25, 0.3) is 11.3 Å². The van der Waals surface area contributed by atoms with Gasteiger partial charge in [0, 0.05) is 36.3 Å². The molecule has 0 atom stereocenters. The summed E-state index contributed by atoms with van der Waals surface area (Å²) in [7, 11) is 1.52. The van der Waals surface area contributed by atoms with Crippen LogP contribution in [0, 0.1) is 12.8 Å². The van der Waals surface area contributed by atoms with Gasteiger partial charge in [0.05, 0.1) is 24.0 Å². The quantitative estimate of drug-likeness (QED) is 0.611. The smallest absolute Gasteiger partial charge is 0.274 e. The summed E-state index contributed by atoms with van der Waals surface area (Å²) in [5, 5.41) is 10.3. The van der Waals surface area contributed by atoms with Gasteiger partial charge in [0.15, 0.2) is 5.69 Å². The van der Waals surface area contributed by atoms with Crippen LogP contribution < -0.4 is 10.1 Å². The second-order valence-electron chi connectivity index (χ2n) is 7.59. The normalized spacial score (nSPS) is 14.3. The number of piperidine rings is 1. The summed E-state index contributed by atoms with van der Waals surface area (Å²) in [6.07, 6.45) is 2.64. The number of aromatic amines is 1. The van der Waals surface area contributed by atoms with E-state index in [0.29, 0.717) is 59.6 Å². The molecule has 0 spiro atoms. The van der Waals surface area contributed by atoms with Crippen molar-refractivity contribution in [2.45, 2.75) is 19.8 Å². The molecule has 9 nitrogen and oxygen atoms in total. The highest BCUT2D eigenvalue weighted by Crippen LogP contribution is 2.29. The van der Waals surface area contributed by atoms with Gasteiger partial charge in [-0.3, -0.25) is 14.7 Å². The molecule has 0 saturated carbocycles. The van der Waals surface area contributed by atoms with Crippen LogP contribution in [-0.2, 0) is 4.79 Å². The van der Waals surface area contributed by atoms with E-state index in [4.69, 9.17) is 16.3 Å². The van der Waals surface area contributed by atoms with Gasteiger partial charge >= 0.3 is 0 Å². The number of likely N-dealkylation sites (tertiary alicyclic amines) is 1. The van der Waals surface area contributed by atoms with Crippen molar-refractivity contribution in [2.24, 2.45) is 5.92 Å². The number of aryl methyl sites for hydroxylation is 1. The highest BCUT2D eigenvalue weighted by molar-refractivity contribution is 6.33. The van der Waals surface area contributed by atoms with E-state index in [1.54, 1.807) is 23.1 Å². The highest BCUT2D eigenvalue weighted by atomic mass is 35.5. The molecule has 10 heteroatoms. The Morgan fingerprint density at radius 3 is 2.75 bits per heavy atom. The summed E-state index contributed by atoms with van der Waals surface area (Å²) in [6.45, 7) is 2.83. The minimum atomic E-state index is -0.191. The summed E-state index contributed by atoms with van der Waals surface area (Å²) in [5.74, 6) is 0.527. The van der Waals surface area contributed by atoms with Crippen LogP contribution in [0.5, 0.6) is 5.88 Å². The molecule has 0 bridgehead atoms. The molecule has 0 unspecified atom stereocenters. The number of rotatable bonds is 5. The van der Waals surface area contributed by atoms with E-state index in [1.165, 1.54) is 13.3 Å². The molecule has 0 radical (unpaired) electrons. The third-order valence-electron chi connectivity index (χ3n) is 5.42. The van der Waals surface area contributed by atoms with E-state index in [0.717, 1.165) is 5.69 Å². The summed E-state index contributed by atoms with van der Waals surface area (Å²) in [6, 6.07) is 8.83. The first-order valence-electron chi connectivity index (χ1n) is 10.2. The van der Waals surface area contributed by atoms with E-state index in [9.17, 15) is 9.59 Å². The average molecular weight is 455 g/mol. The van der Waals surface area contributed by atoms with Crippen LogP contribution in [0.3, 0.4) is 0 Å². The monoisotopic (exact) mass is 454 g/mol. The van der Waals surface area contributed by atoms with Crippen molar-refractivity contribution in [1.29, 1.82) is 0 Å². The topological polar surface area (TPSA) is 113 Å². The number of anilines is 1. The first-order chi connectivity index (χ1) is 15.4. The van der Waals surface area contributed by atoms with E-state index in [-0.39, 0.29) is 17.7 Å². The molecule has 1 saturated heterocycles. The predicted molar refractivity (Wildman–Crippen MR) is 120 cm³/mol. The molecule has 2 amide bonds. The fourth-order valence-corrected chi connectivity index (χ4v) is 3.86. The average Bonchev–Trinajstić information content (AvgIpc) is 3.29. The standard InChI is InChI=1S/C22H23ClN6O3/c1-13-4-3-5-19(25-13)26-21(30)14-6-8-29(9-7-14)22(31)18-11-17(27-28-18)15-10-20(32-2)24-12-16(15)23/h3-5,10-12,14H,6-9H2,1-2H3,(H,27,28)(H,25,26,30). The Bertz CT molecular complexity index is 1140. The molecule has 1 aliphatic rings. The predicted octanol–water partition coefficient (Wildman–Crippen LogP) is 3.33. The molecule has 0 aliphatic carbocycles. The number of H-pyrrole nitrogens is 1. The Balaban J connectivity index is 1.37. The molecule has 3 aromatic rings. The summed E-state index contributed by atoms with van der Waals surface area (Å²) >= 11 is 6.23. The number of halogens is 1. The molecular weight excluding hydrogens is 432 g/mol. The Morgan fingerprint density at radius 2 is 2.03 bits per heavy atom. The SMILES string of the molecule is COc1cc(-c2cc(C(=O)N3CCC(C(=O)Nc4cccc(C)n4)CC3)n[nH]2)c(Cl)cn1. The van der Waals surface area contributed by atoms with Crippen molar-refractivity contribution in [1.82, 2.24) is 25.1 Å². The number of carbonyl (C=O) groups is 2. The fourth-order valence-electron chi connectivity index (χ4n) is 3.65. The Morgan fingerprint density at radius 1 is 1.25 bits per heavy atom. The lowest BCUT2D eigenvalue weighted by molar-refractivity contribution is -0.121. The zero-order valence-electron chi connectivity index (χ0n) is 17.8. The number of ether oxygens (including phenoxy) is 1. The van der Waals surface area contributed by atoms with Crippen molar-refractivity contribution in [3.05, 3.63) is 52.9 Å². The molecule has 1 aliphatic heterocycles. The van der Waals surface area contributed by atoms with Gasteiger partial charge in [-0.15, -0.1) is 0 Å². The van der Waals surface area contributed by atoms with E-state index in [1.807, 2.05) is 19.1 Å². The Labute approximate surface area is 190 Å². The third-order valence-corrected chi connectivity index (χ3v) is 5.72. The molecule has 4 rings (SSSR count). The van der Waals surface area contributed by atoms with E-state index in [2.05, 4.69) is 25.5 Å². The molecule has 3 aromatic heterocycles. The number of hydrogen-bond acceptors (Lipinski definition) is 6. The van der Waals surface area contributed by atoms with Crippen LogP contribution in [0.1, 0.15) is 29.0 Å². The third kappa shape index (κ3) is 4.72. The second-order valence-corrected chi connectivity index (χ2v) is 8.00. The summed E-state index contributed by atoms with van der Waals surface area (Å²) in [4.78, 5) is 35.6. The molecule has 0 aromatic carbocycles. The number of hydrogen-bond donors (Lipinski definition) is 2. The molecule has 2 N–H and O–H groups in total. The van der Waals surface area contributed by atoms with Crippen molar-refractivity contribution in [3.63, 3.8) is 0 Å². The second kappa shape index (κ2) is 9.35. The van der Waals surface area contributed by atoms with E-state index >= 15 is 0 Å². The first kappa shape index (κ1) is 21.8. The van der Waals surface area contributed by atoms with Crippen LogP contribution in [-0.4, -0.2) is 57.1 Å². The van der Waals surface area contributed by atoms with Gasteiger partial charge in [-0.25, -0.2) is 9.97 Å². The number of nitrogens with one attached hydrogen (secondary N) is 2. The summed E-state index contributed by atoms with van der Waals surface area (Å²) in [5.41, 5.74) is 2.37. The van der Waals surface area contributed by atoms with Gasteiger partial charge < -0.3 is 15.0 Å². The fraction of sp³-hybridized carbons (Fsp3) is 0.318. The van der Waals surface area contributed by atoms with Crippen LogP contribution in [0.4, 0.5) is 5.82 Å². The maximum absolute atomic E-state index is 12.9. The lowest BCUT2D eigenvalue weighted by atomic mass is 9.95. The molecular formula is C22H23ClN6O3. The van der Waals surface area contributed by atoms with Gasteiger partial charge in [-0.1, -0.05) is 17.7 Å². The number of aromatic nitrogens is 4. The number of nitrogens with zero attached hydrogens (tertiary/aromatic N) is 4. The molecule has 1 fully saturated rings. The van der Waals surface area contributed by atoms with Crippen molar-refractivity contribution >= 4 is 29.2 Å². The zero-order chi connectivity index (χ0) is 22.7. The maximum atomic E-state index is 12.9. The lowest BCUT2D eigenvalue weighted by Crippen LogP contribution is -2.41. The van der Waals surface area contributed by atoms with Crippen LogP contribution in [0.15, 0.2) is 36.5 Å². The molecule has 32 heavy (non-hydrogen) atoms. The largest absolute Gasteiger partial charge is 0.481 e. The van der Waals surface area contributed by atoms with Crippen LogP contribution >= 0.6 is 11.6 Å². The van der Waals surface area contributed by atoms with Gasteiger partial charge in [0.1, 0.15) is 5.82 Å². The number of carbonyl (C=O) groups excluding carboxylic acids is 2. The van der Waals surface area contributed by atoms with E-state index < -0.39 is 0 Å². The minimum Gasteiger partial charge on any atom is -0.481 e. The Hall–Kier alpha value is -3.46. The molecule has 166 valence electrons. The number of methoxy groups -OCH3 is 1. The summed E-state index contributed by atoms with van der Waals surface area (Å²) < 4.78 is 5.14. The maximum Gasteiger partial charge on any atom is 0.274 e. The van der Waals surface area contributed by atoms with Crippen molar-refractivity contribution in [2.75, 3.05) is 25.5 Å². The van der Waals surface area contributed by atoms with Crippen LogP contribution in [0.2, 0.25) is 5.02 Å². The van der Waals surface area contributed by atoms with Gasteiger partial charge in [-0.2, -0.15) is 5.10 Å².